The first-order valence-electron chi connectivity index (χ1n) is 14.2. The second-order valence-corrected chi connectivity index (χ2v) is 12.8. The minimum Gasteiger partial charge on any atom is -0.465 e. The van der Waals surface area contributed by atoms with Gasteiger partial charge in [-0.05, 0) is 42.8 Å². The molecule has 6 rings (SSSR count). The first-order valence-corrected chi connectivity index (χ1v) is 15.4. The molecular formula is C33H33F2O7S+. The Morgan fingerprint density at radius 3 is 1.88 bits per heavy atom. The van der Waals surface area contributed by atoms with Crippen molar-refractivity contribution in [1.82, 2.24) is 0 Å². The van der Waals surface area contributed by atoms with Crippen LogP contribution in [0.3, 0.4) is 0 Å². The van der Waals surface area contributed by atoms with Gasteiger partial charge in [0.2, 0.25) is 0 Å². The molecule has 3 fully saturated rings. The molecule has 0 amide bonds. The predicted molar refractivity (Wildman–Crippen MR) is 153 cm³/mol. The molecule has 1 heterocycles. The number of alkyl halides is 2. The molecule has 2 bridgehead atoms. The third-order valence-corrected chi connectivity index (χ3v) is 10.1. The standard InChI is InChI=1S/C18H15S.C15H18F2O7/c1-4-10-16(11-5-1)19(17-12-6-2-7-13-17)18-14-8-3-9-15-18;1-15(16,17)14(21)24-11-6-5-7-9(13(20)23-10(7)11)8(6)12(19)22-4-2-3-18/h1-15H;6-11,18H,2-5H2,1H3/q+1;. The van der Waals surface area contributed by atoms with E-state index in [1.165, 1.54) is 14.7 Å². The summed E-state index contributed by atoms with van der Waals surface area (Å²) in [6.45, 7) is 0.266. The van der Waals surface area contributed by atoms with Gasteiger partial charge in [0.25, 0.3) is 0 Å². The summed E-state index contributed by atoms with van der Waals surface area (Å²) in [5, 5.41) is 8.72. The van der Waals surface area contributed by atoms with Crippen LogP contribution >= 0.6 is 0 Å². The Kier molecular flexibility index (Phi) is 9.46. The van der Waals surface area contributed by atoms with Crippen molar-refractivity contribution in [2.75, 3.05) is 13.2 Å². The number of aliphatic hydroxyl groups is 1. The fourth-order valence-electron chi connectivity index (χ4n) is 6.11. The molecule has 226 valence electrons. The number of carbonyl (C=O) groups is 3. The lowest BCUT2D eigenvalue weighted by atomic mass is 9.78. The molecule has 2 saturated carbocycles. The van der Waals surface area contributed by atoms with Crippen LogP contribution in [0.4, 0.5) is 8.78 Å². The third kappa shape index (κ3) is 6.60. The third-order valence-electron chi connectivity index (χ3n) is 7.90. The van der Waals surface area contributed by atoms with Crippen LogP contribution < -0.4 is 0 Å². The van der Waals surface area contributed by atoms with E-state index < -0.39 is 53.8 Å². The summed E-state index contributed by atoms with van der Waals surface area (Å²) < 4.78 is 41.3. The highest BCUT2D eigenvalue weighted by molar-refractivity contribution is 7.97. The Morgan fingerprint density at radius 1 is 0.907 bits per heavy atom. The first-order chi connectivity index (χ1) is 20.7. The zero-order valence-electron chi connectivity index (χ0n) is 23.5. The lowest BCUT2D eigenvalue weighted by Gasteiger charge is -2.30. The molecule has 6 atom stereocenters. The molecule has 0 spiro atoms. The van der Waals surface area contributed by atoms with E-state index in [1.54, 1.807) is 0 Å². The first kappa shape index (κ1) is 30.7. The lowest BCUT2D eigenvalue weighted by Crippen LogP contribution is -2.45. The summed E-state index contributed by atoms with van der Waals surface area (Å²) in [6, 6.07) is 32.2. The van der Waals surface area contributed by atoms with E-state index in [2.05, 4.69) is 91.0 Å². The molecule has 6 unspecified atom stereocenters. The topological polar surface area (TPSA) is 99.1 Å². The maximum atomic E-state index is 13.1. The van der Waals surface area contributed by atoms with Crippen molar-refractivity contribution in [2.45, 2.75) is 52.6 Å². The molecule has 0 radical (unpaired) electrons. The van der Waals surface area contributed by atoms with Crippen LogP contribution in [0.15, 0.2) is 106 Å². The highest BCUT2D eigenvalue weighted by Gasteiger charge is 2.70. The van der Waals surface area contributed by atoms with Gasteiger partial charge in [-0.15, -0.1) is 0 Å². The molecule has 1 saturated heterocycles. The number of hydrogen-bond donors (Lipinski definition) is 1. The van der Waals surface area contributed by atoms with Crippen molar-refractivity contribution in [3.8, 4) is 0 Å². The van der Waals surface area contributed by atoms with Crippen molar-refractivity contribution < 1.29 is 42.5 Å². The average molecular weight is 612 g/mol. The van der Waals surface area contributed by atoms with Crippen LogP contribution in [-0.4, -0.2) is 54.4 Å². The predicted octanol–water partition coefficient (Wildman–Crippen LogP) is 5.07. The normalized spacial score (nSPS) is 25.1. The van der Waals surface area contributed by atoms with Gasteiger partial charge in [-0.25, -0.2) is 4.79 Å². The Bertz CT molecular complexity index is 1310. The second kappa shape index (κ2) is 13.3. The van der Waals surface area contributed by atoms with Crippen molar-refractivity contribution in [1.29, 1.82) is 0 Å². The fraction of sp³-hybridized carbons (Fsp3) is 0.364. The van der Waals surface area contributed by atoms with Gasteiger partial charge in [-0.2, -0.15) is 8.78 Å². The maximum absolute atomic E-state index is 13.1. The highest BCUT2D eigenvalue weighted by Crippen LogP contribution is 2.59. The van der Waals surface area contributed by atoms with Gasteiger partial charge in [0.05, 0.1) is 29.3 Å². The monoisotopic (exact) mass is 611 g/mol. The largest absolute Gasteiger partial charge is 0.465 e. The average Bonchev–Trinajstić information content (AvgIpc) is 3.63. The van der Waals surface area contributed by atoms with Gasteiger partial charge < -0.3 is 19.3 Å². The van der Waals surface area contributed by atoms with E-state index >= 15 is 0 Å². The highest BCUT2D eigenvalue weighted by atomic mass is 32.2. The molecule has 10 heteroatoms. The number of halogens is 2. The van der Waals surface area contributed by atoms with Gasteiger partial charge in [-0.3, -0.25) is 9.59 Å². The van der Waals surface area contributed by atoms with Crippen LogP contribution in [-0.2, 0) is 39.5 Å². The van der Waals surface area contributed by atoms with Crippen LogP contribution in [0.1, 0.15) is 19.8 Å². The van der Waals surface area contributed by atoms with Crippen molar-refractivity contribution in [3.05, 3.63) is 91.0 Å². The minimum absolute atomic E-state index is 0.00803. The molecule has 3 aromatic carbocycles. The Labute approximate surface area is 251 Å². The molecule has 2 aliphatic carbocycles. The number of rotatable bonds is 9. The van der Waals surface area contributed by atoms with Gasteiger partial charge in [0, 0.05) is 31.8 Å². The van der Waals surface area contributed by atoms with E-state index in [0.29, 0.717) is 13.3 Å². The van der Waals surface area contributed by atoms with Crippen LogP contribution in [0.25, 0.3) is 0 Å². The fourth-order valence-corrected chi connectivity index (χ4v) is 8.21. The van der Waals surface area contributed by atoms with Crippen molar-refractivity contribution >= 4 is 28.8 Å². The number of hydrogen-bond acceptors (Lipinski definition) is 7. The summed E-state index contributed by atoms with van der Waals surface area (Å²) in [4.78, 5) is 39.8. The molecule has 7 nitrogen and oxygen atoms in total. The van der Waals surface area contributed by atoms with Crippen LogP contribution in [0.2, 0.25) is 0 Å². The lowest BCUT2D eigenvalue weighted by molar-refractivity contribution is -0.186. The van der Waals surface area contributed by atoms with Crippen LogP contribution in [0, 0.1) is 23.7 Å². The second-order valence-electron chi connectivity index (χ2n) is 10.8. The summed E-state index contributed by atoms with van der Waals surface area (Å²) >= 11 is 0. The van der Waals surface area contributed by atoms with Crippen molar-refractivity contribution in [3.63, 3.8) is 0 Å². The SMILES string of the molecule is CC(F)(F)C(=O)OC1C2CC3C1OC(=O)C3C2C(=O)OCCCO.c1ccc([S+](c2ccccc2)c2ccccc2)cc1. The maximum Gasteiger partial charge on any atom is 0.377 e. The number of benzene rings is 3. The quantitative estimate of drug-likeness (QED) is 0.156. The van der Waals surface area contributed by atoms with E-state index in [9.17, 15) is 23.2 Å². The van der Waals surface area contributed by atoms with E-state index in [-0.39, 0.29) is 36.4 Å². The summed E-state index contributed by atoms with van der Waals surface area (Å²) in [7, 11) is -0.0146. The molecule has 3 aromatic rings. The molecule has 43 heavy (non-hydrogen) atoms. The van der Waals surface area contributed by atoms with E-state index in [1.807, 2.05) is 0 Å². The van der Waals surface area contributed by atoms with Gasteiger partial charge >= 0.3 is 23.8 Å². The Balaban J connectivity index is 0.000000176. The van der Waals surface area contributed by atoms with Gasteiger partial charge in [0.15, 0.2) is 14.7 Å². The Morgan fingerprint density at radius 2 is 1.42 bits per heavy atom. The number of carbonyl (C=O) groups excluding carboxylic acids is 3. The minimum atomic E-state index is -3.67. The van der Waals surface area contributed by atoms with Gasteiger partial charge in [-0.1, -0.05) is 54.6 Å². The zero-order valence-corrected chi connectivity index (χ0v) is 24.3. The molecular weight excluding hydrogens is 578 g/mol. The van der Waals surface area contributed by atoms with E-state index in [4.69, 9.17) is 19.3 Å². The van der Waals surface area contributed by atoms with Gasteiger partial charge in [0.1, 0.15) is 12.2 Å². The summed E-state index contributed by atoms with van der Waals surface area (Å²) in [6.07, 6.45) is -1.20. The number of aliphatic hydroxyl groups excluding tert-OH is 1. The van der Waals surface area contributed by atoms with Crippen LogP contribution in [0.5, 0.6) is 0 Å². The number of esters is 3. The summed E-state index contributed by atoms with van der Waals surface area (Å²) in [5.41, 5.74) is 0. The number of fused-ring (bicyclic) bond motifs is 1. The molecule has 1 N–H and O–H groups in total. The number of ether oxygens (including phenoxy) is 3. The van der Waals surface area contributed by atoms with E-state index in [0.717, 1.165) is 0 Å². The summed E-state index contributed by atoms with van der Waals surface area (Å²) in [5.74, 6) is -9.07. The zero-order chi connectivity index (χ0) is 30.6. The molecule has 1 aliphatic heterocycles. The van der Waals surface area contributed by atoms with Crippen molar-refractivity contribution in [2.24, 2.45) is 23.7 Å². The smallest absolute Gasteiger partial charge is 0.377 e. The molecule has 0 aromatic heterocycles. The Hall–Kier alpha value is -3.76. The molecule has 3 aliphatic rings.